The van der Waals surface area contributed by atoms with Gasteiger partial charge in [-0.15, -0.1) is 0 Å². The summed E-state index contributed by atoms with van der Waals surface area (Å²) in [7, 11) is 4.46. The molecule has 0 unspecified atom stereocenters. The van der Waals surface area contributed by atoms with Gasteiger partial charge < -0.3 is 18.9 Å². The molecule has 0 N–H and O–H groups in total. The summed E-state index contributed by atoms with van der Waals surface area (Å²) in [6, 6.07) is 8.77. The molecule has 0 atom stereocenters. The van der Waals surface area contributed by atoms with Gasteiger partial charge in [0.25, 0.3) is 0 Å². The minimum Gasteiger partial charge on any atom is -0.496 e. The molecule has 26 heavy (non-hydrogen) atoms. The predicted molar refractivity (Wildman–Crippen MR) is 94.9 cm³/mol. The van der Waals surface area contributed by atoms with Gasteiger partial charge in [-0.25, -0.2) is 4.98 Å². The predicted octanol–water partition coefficient (Wildman–Crippen LogP) is 3.15. The zero-order chi connectivity index (χ0) is 18.5. The summed E-state index contributed by atoms with van der Waals surface area (Å²) in [6.45, 7) is 0. The summed E-state index contributed by atoms with van der Waals surface area (Å²) in [5, 5.41) is 0. The fourth-order valence-corrected chi connectivity index (χ4v) is 2.47. The molecule has 0 aliphatic rings. The molecule has 0 fully saturated rings. The number of fused-ring (bicyclic) bond motifs is 1. The zero-order valence-electron chi connectivity index (χ0n) is 14.7. The van der Waals surface area contributed by atoms with Gasteiger partial charge in [0, 0.05) is 30.0 Å². The first-order chi connectivity index (χ1) is 12.6. The molecule has 3 aromatic rings. The van der Waals surface area contributed by atoms with Gasteiger partial charge in [-0.05, 0) is 6.07 Å². The molecule has 1 aromatic carbocycles. The number of methoxy groups -OCH3 is 3. The molecule has 134 valence electrons. The van der Waals surface area contributed by atoms with E-state index in [1.807, 2.05) is 0 Å². The Hall–Kier alpha value is -3.35. The molecule has 0 spiro atoms. The average Bonchev–Trinajstić information content (AvgIpc) is 2.68. The van der Waals surface area contributed by atoms with E-state index >= 15 is 0 Å². The highest BCUT2D eigenvalue weighted by Gasteiger charge is 2.12. The molecular formula is C19H18N2O5. The van der Waals surface area contributed by atoms with Crippen molar-refractivity contribution in [1.82, 2.24) is 9.97 Å². The number of aromatic nitrogens is 2. The Morgan fingerprint density at radius 3 is 2.54 bits per heavy atom. The first-order valence-electron chi connectivity index (χ1n) is 7.85. The number of carbonyl (C=O) groups excluding carboxylic acids is 1. The van der Waals surface area contributed by atoms with Crippen molar-refractivity contribution in [2.45, 2.75) is 6.42 Å². The van der Waals surface area contributed by atoms with Crippen molar-refractivity contribution in [3.05, 3.63) is 48.3 Å². The molecule has 0 radical (unpaired) electrons. The van der Waals surface area contributed by atoms with Crippen LogP contribution in [0.25, 0.3) is 11.0 Å². The molecule has 0 saturated carbocycles. The fraction of sp³-hybridized carbons (Fsp3) is 0.211. The number of carbonyl (C=O) groups is 1. The number of benzene rings is 1. The second-order valence-corrected chi connectivity index (χ2v) is 5.38. The zero-order valence-corrected chi connectivity index (χ0v) is 14.7. The Labute approximate surface area is 150 Å². The highest BCUT2D eigenvalue weighted by atomic mass is 16.5. The molecule has 0 bridgehead atoms. The second kappa shape index (κ2) is 7.69. The van der Waals surface area contributed by atoms with Crippen LogP contribution in [0, 0.1) is 0 Å². The maximum absolute atomic E-state index is 11.5. The Balaban J connectivity index is 1.91. The van der Waals surface area contributed by atoms with E-state index in [9.17, 15) is 4.79 Å². The van der Waals surface area contributed by atoms with Crippen molar-refractivity contribution >= 4 is 17.0 Å². The summed E-state index contributed by atoms with van der Waals surface area (Å²) < 4.78 is 21.2. The Morgan fingerprint density at radius 2 is 1.81 bits per heavy atom. The molecule has 0 aliphatic heterocycles. The van der Waals surface area contributed by atoms with E-state index in [1.54, 1.807) is 49.8 Å². The number of hydrogen-bond acceptors (Lipinski definition) is 7. The van der Waals surface area contributed by atoms with Crippen LogP contribution in [0.15, 0.2) is 42.7 Å². The molecule has 2 aromatic heterocycles. The highest BCUT2D eigenvalue weighted by Crippen LogP contribution is 2.32. The summed E-state index contributed by atoms with van der Waals surface area (Å²) in [5.41, 5.74) is 2.00. The Morgan fingerprint density at radius 1 is 0.962 bits per heavy atom. The lowest BCUT2D eigenvalue weighted by molar-refractivity contribution is -0.139. The van der Waals surface area contributed by atoms with Crippen LogP contribution in [0.2, 0.25) is 0 Å². The maximum atomic E-state index is 11.5. The Bertz CT molecular complexity index is 942. The normalized spacial score (nSPS) is 10.4. The minimum atomic E-state index is -0.338. The van der Waals surface area contributed by atoms with E-state index in [2.05, 4.69) is 9.97 Å². The van der Waals surface area contributed by atoms with Gasteiger partial charge in [0.2, 0.25) is 0 Å². The third kappa shape index (κ3) is 3.66. The average molecular weight is 354 g/mol. The number of esters is 1. The first-order valence-corrected chi connectivity index (χ1v) is 7.85. The van der Waals surface area contributed by atoms with E-state index in [-0.39, 0.29) is 12.4 Å². The van der Waals surface area contributed by atoms with E-state index in [0.29, 0.717) is 39.6 Å². The SMILES string of the molecule is COC(=O)Cc1ccc(Oc2ccnc3cc(OC)cnc23)cc1OC. The smallest absolute Gasteiger partial charge is 0.310 e. The van der Waals surface area contributed by atoms with E-state index in [1.165, 1.54) is 14.2 Å². The van der Waals surface area contributed by atoms with Gasteiger partial charge in [0.05, 0.1) is 39.5 Å². The van der Waals surface area contributed by atoms with Crippen molar-refractivity contribution in [3.63, 3.8) is 0 Å². The van der Waals surface area contributed by atoms with Crippen LogP contribution < -0.4 is 14.2 Å². The van der Waals surface area contributed by atoms with Gasteiger partial charge >= 0.3 is 5.97 Å². The molecule has 0 aliphatic carbocycles. The number of hydrogen-bond donors (Lipinski definition) is 0. The first kappa shape index (κ1) is 17.5. The van der Waals surface area contributed by atoms with Crippen LogP contribution in [0.4, 0.5) is 0 Å². The van der Waals surface area contributed by atoms with Crippen LogP contribution >= 0.6 is 0 Å². The van der Waals surface area contributed by atoms with Crippen molar-refractivity contribution < 1.29 is 23.7 Å². The van der Waals surface area contributed by atoms with Gasteiger partial charge in [0.15, 0.2) is 5.75 Å². The molecule has 2 heterocycles. The lowest BCUT2D eigenvalue weighted by Gasteiger charge is -2.12. The third-order valence-corrected chi connectivity index (χ3v) is 3.80. The molecule has 0 amide bonds. The van der Waals surface area contributed by atoms with Gasteiger partial charge in [-0.1, -0.05) is 6.07 Å². The standard InChI is InChI=1S/C19H18N2O5/c1-23-14-9-15-19(21-11-14)16(6-7-20-15)26-13-5-4-12(8-18(22)25-3)17(10-13)24-2/h4-7,9-11H,8H2,1-3H3. The van der Waals surface area contributed by atoms with E-state index < -0.39 is 0 Å². The van der Waals surface area contributed by atoms with Crippen LogP contribution in [0.1, 0.15) is 5.56 Å². The van der Waals surface area contributed by atoms with Crippen LogP contribution in [-0.2, 0) is 16.0 Å². The summed E-state index contributed by atoms with van der Waals surface area (Å²) in [5.74, 6) is 1.94. The van der Waals surface area contributed by atoms with Crippen molar-refractivity contribution in [1.29, 1.82) is 0 Å². The maximum Gasteiger partial charge on any atom is 0.310 e. The summed E-state index contributed by atoms with van der Waals surface area (Å²) in [6.07, 6.45) is 3.37. The second-order valence-electron chi connectivity index (χ2n) is 5.38. The molecule has 3 rings (SSSR count). The van der Waals surface area contributed by atoms with Crippen LogP contribution in [0.3, 0.4) is 0 Å². The highest BCUT2D eigenvalue weighted by molar-refractivity contribution is 5.81. The van der Waals surface area contributed by atoms with Crippen LogP contribution in [-0.4, -0.2) is 37.3 Å². The van der Waals surface area contributed by atoms with Gasteiger partial charge in [-0.3, -0.25) is 9.78 Å². The molecule has 7 heteroatoms. The van der Waals surface area contributed by atoms with E-state index in [4.69, 9.17) is 18.9 Å². The molecule has 0 saturated heterocycles. The molecular weight excluding hydrogens is 336 g/mol. The van der Waals surface area contributed by atoms with E-state index in [0.717, 1.165) is 0 Å². The minimum absolute atomic E-state index is 0.124. The van der Waals surface area contributed by atoms with Crippen LogP contribution in [0.5, 0.6) is 23.0 Å². The summed E-state index contributed by atoms with van der Waals surface area (Å²) in [4.78, 5) is 20.1. The lowest BCUT2D eigenvalue weighted by Crippen LogP contribution is -2.06. The Kier molecular flexibility index (Phi) is 5.17. The van der Waals surface area contributed by atoms with Crippen molar-refractivity contribution in [2.24, 2.45) is 0 Å². The number of ether oxygens (including phenoxy) is 4. The monoisotopic (exact) mass is 354 g/mol. The fourth-order valence-electron chi connectivity index (χ4n) is 2.47. The molecule has 7 nitrogen and oxygen atoms in total. The van der Waals surface area contributed by atoms with Crippen molar-refractivity contribution in [2.75, 3.05) is 21.3 Å². The summed E-state index contributed by atoms with van der Waals surface area (Å²) >= 11 is 0. The number of rotatable bonds is 6. The quantitative estimate of drug-likeness (QED) is 0.629. The van der Waals surface area contributed by atoms with Crippen molar-refractivity contribution in [3.8, 4) is 23.0 Å². The lowest BCUT2D eigenvalue weighted by atomic mass is 10.1. The number of pyridine rings is 2. The largest absolute Gasteiger partial charge is 0.496 e. The van der Waals surface area contributed by atoms with Gasteiger partial charge in [0.1, 0.15) is 22.8 Å². The topological polar surface area (TPSA) is 79.8 Å². The number of nitrogens with zero attached hydrogens (tertiary/aromatic N) is 2. The third-order valence-electron chi connectivity index (χ3n) is 3.80. The van der Waals surface area contributed by atoms with Gasteiger partial charge in [-0.2, -0.15) is 0 Å².